The van der Waals surface area contributed by atoms with E-state index in [0.29, 0.717) is 51.5 Å². The molecule has 0 aliphatic carbocycles. The highest BCUT2D eigenvalue weighted by Gasteiger charge is 2.47. The summed E-state index contributed by atoms with van der Waals surface area (Å²) >= 11 is 0. The molecule has 2 aromatic rings. The van der Waals surface area contributed by atoms with Gasteiger partial charge in [-0.15, -0.1) is 0 Å². The second-order valence-electron chi connectivity index (χ2n) is 14.2. The molecule has 13 nitrogen and oxygen atoms in total. The standard InChI is InChI=1S/C40H56FN3O10/c1-5-50-37(46)34(23-27(2)3)44-36(45)17-16-31-24-33(52-39(48)43-21-18-28-12-14-30(41)15-13-28)25-40(53-31)20-8-10-32(54-40)26-51-38(47)42-22-19-29-9-6-7-11-35(29)49-4/h6-7,9,11-15,27,31-34H,5,8,10,16-26H2,1-4H3,(H,42,47)(H,43,48)(H,44,45)/t31-,32-,33-,34+,40+/m1/s1. The summed E-state index contributed by atoms with van der Waals surface area (Å²) in [7, 11) is 1.60. The number of carbonyl (C=O) groups excluding carboxylic acids is 4. The molecule has 0 radical (unpaired) electrons. The maximum absolute atomic E-state index is 13.3. The number of nitrogens with one attached hydrogen (secondary N) is 3. The summed E-state index contributed by atoms with van der Waals surface area (Å²) in [5.41, 5.74) is 1.83. The summed E-state index contributed by atoms with van der Waals surface area (Å²) in [6.07, 6.45) is 1.54. The minimum absolute atomic E-state index is 0.000825. The largest absolute Gasteiger partial charge is 0.496 e. The summed E-state index contributed by atoms with van der Waals surface area (Å²) in [6.45, 7) is 6.50. The van der Waals surface area contributed by atoms with Gasteiger partial charge in [-0.25, -0.2) is 18.8 Å². The number of amides is 3. The van der Waals surface area contributed by atoms with Gasteiger partial charge in [-0.1, -0.05) is 44.2 Å². The van der Waals surface area contributed by atoms with E-state index < -0.39 is 48.3 Å². The molecule has 2 fully saturated rings. The fourth-order valence-electron chi connectivity index (χ4n) is 6.83. The van der Waals surface area contributed by atoms with Crippen LogP contribution in [0.1, 0.15) is 83.3 Å². The molecule has 2 aliphatic rings. The predicted octanol–water partition coefficient (Wildman–Crippen LogP) is 5.76. The average molecular weight is 758 g/mol. The summed E-state index contributed by atoms with van der Waals surface area (Å²) in [6, 6.07) is 12.9. The molecular weight excluding hydrogens is 701 g/mol. The van der Waals surface area contributed by atoms with Gasteiger partial charge in [0.2, 0.25) is 5.91 Å². The van der Waals surface area contributed by atoms with Crippen LogP contribution in [0.5, 0.6) is 5.75 Å². The van der Waals surface area contributed by atoms with Crippen molar-refractivity contribution in [2.75, 3.05) is 33.4 Å². The predicted molar refractivity (Wildman–Crippen MR) is 197 cm³/mol. The van der Waals surface area contributed by atoms with Crippen molar-refractivity contribution in [2.45, 2.75) is 115 Å². The number of hydrogen-bond acceptors (Lipinski definition) is 10. The molecular formula is C40H56FN3O10. The monoisotopic (exact) mass is 757 g/mol. The molecule has 1 spiro atoms. The lowest BCUT2D eigenvalue weighted by molar-refractivity contribution is -0.329. The first-order chi connectivity index (χ1) is 26.0. The Balaban J connectivity index is 1.34. The van der Waals surface area contributed by atoms with Crippen LogP contribution in [0.15, 0.2) is 48.5 Å². The zero-order valence-corrected chi connectivity index (χ0v) is 31.9. The van der Waals surface area contributed by atoms with E-state index in [4.69, 9.17) is 28.4 Å². The first-order valence-electron chi connectivity index (χ1n) is 19.0. The highest BCUT2D eigenvalue weighted by molar-refractivity contribution is 5.84. The summed E-state index contributed by atoms with van der Waals surface area (Å²) < 4.78 is 48.3. The maximum atomic E-state index is 13.3. The number of halogens is 1. The molecule has 2 saturated heterocycles. The molecule has 0 aromatic heterocycles. The molecule has 14 heteroatoms. The fraction of sp³-hybridized carbons (Fsp3) is 0.600. The molecule has 2 aromatic carbocycles. The molecule has 2 heterocycles. The van der Waals surface area contributed by atoms with Gasteiger partial charge in [0.05, 0.1) is 25.9 Å². The summed E-state index contributed by atoms with van der Waals surface area (Å²) in [5, 5.41) is 8.35. The third-order valence-corrected chi connectivity index (χ3v) is 9.34. The number of para-hydroxylation sites is 1. The fourth-order valence-corrected chi connectivity index (χ4v) is 6.83. The molecule has 54 heavy (non-hydrogen) atoms. The van der Waals surface area contributed by atoms with Gasteiger partial charge in [0.1, 0.15) is 30.3 Å². The van der Waals surface area contributed by atoms with Gasteiger partial charge in [0.25, 0.3) is 0 Å². The minimum atomic E-state index is -1.13. The Kier molecular flexibility index (Phi) is 16.8. The van der Waals surface area contributed by atoms with E-state index in [1.165, 1.54) is 12.1 Å². The lowest BCUT2D eigenvalue weighted by Gasteiger charge is -2.47. The van der Waals surface area contributed by atoms with Gasteiger partial charge in [-0.05, 0) is 80.7 Å². The van der Waals surface area contributed by atoms with Crippen molar-refractivity contribution >= 4 is 24.1 Å². The van der Waals surface area contributed by atoms with Gasteiger partial charge in [0.15, 0.2) is 5.79 Å². The number of benzene rings is 2. The first kappa shape index (κ1) is 42.3. The van der Waals surface area contributed by atoms with Crippen molar-refractivity contribution in [1.29, 1.82) is 0 Å². The van der Waals surface area contributed by atoms with Crippen molar-refractivity contribution in [3.05, 3.63) is 65.5 Å². The van der Waals surface area contributed by atoms with E-state index >= 15 is 0 Å². The second-order valence-corrected chi connectivity index (χ2v) is 14.2. The van der Waals surface area contributed by atoms with Gasteiger partial charge in [-0.3, -0.25) is 4.79 Å². The normalized spacial score (nSPS) is 21.5. The molecule has 5 atom stereocenters. The van der Waals surface area contributed by atoms with Gasteiger partial charge < -0.3 is 44.4 Å². The van der Waals surface area contributed by atoms with Crippen LogP contribution in [0, 0.1) is 11.7 Å². The Morgan fingerprint density at radius 2 is 1.67 bits per heavy atom. The lowest BCUT2D eigenvalue weighted by atomic mass is 9.90. The number of esters is 1. The molecule has 298 valence electrons. The van der Waals surface area contributed by atoms with Crippen molar-refractivity contribution in [2.24, 2.45) is 5.92 Å². The maximum Gasteiger partial charge on any atom is 0.407 e. The average Bonchev–Trinajstić information content (AvgIpc) is 3.13. The number of ether oxygens (including phenoxy) is 6. The van der Waals surface area contributed by atoms with E-state index in [1.807, 2.05) is 38.1 Å². The molecule has 2 aliphatic heterocycles. The second kappa shape index (κ2) is 21.5. The molecule has 0 saturated carbocycles. The van der Waals surface area contributed by atoms with Crippen LogP contribution in [0.25, 0.3) is 0 Å². The first-order valence-corrected chi connectivity index (χ1v) is 19.0. The Morgan fingerprint density at radius 3 is 2.41 bits per heavy atom. The highest BCUT2D eigenvalue weighted by Crippen LogP contribution is 2.41. The molecule has 3 N–H and O–H groups in total. The van der Waals surface area contributed by atoms with Crippen molar-refractivity contribution < 1.29 is 52.0 Å². The Bertz CT molecular complexity index is 1510. The highest BCUT2D eigenvalue weighted by atomic mass is 19.1. The van der Waals surface area contributed by atoms with Gasteiger partial charge >= 0.3 is 18.2 Å². The van der Waals surface area contributed by atoms with E-state index in [1.54, 1.807) is 26.2 Å². The topological polar surface area (TPSA) is 160 Å². The molecule has 4 rings (SSSR count). The van der Waals surface area contributed by atoms with Crippen LogP contribution in [0.4, 0.5) is 14.0 Å². The van der Waals surface area contributed by atoms with Crippen molar-refractivity contribution in [1.82, 2.24) is 16.0 Å². The van der Waals surface area contributed by atoms with E-state index in [2.05, 4.69) is 16.0 Å². The third-order valence-electron chi connectivity index (χ3n) is 9.34. The van der Waals surface area contributed by atoms with Crippen LogP contribution >= 0.6 is 0 Å². The van der Waals surface area contributed by atoms with E-state index in [9.17, 15) is 23.6 Å². The van der Waals surface area contributed by atoms with Crippen LogP contribution < -0.4 is 20.7 Å². The quantitative estimate of drug-likeness (QED) is 0.126. The van der Waals surface area contributed by atoms with E-state index in [0.717, 1.165) is 16.9 Å². The van der Waals surface area contributed by atoms with Crippen LogP contribution in [-0.4, -0.2) is 87.6 Å². The van der Waals surface area contributed by atoms with E-state index in [-0.39, 0.29) is 56.7 Å². The number of hydrogen-bond donors (Lipinski definition) is 3. The van der Waals surface area contributed by atoms with Crippen molar-refractivity contribution in [3.63, 3.8) is 0 Å². The molecule has 0 bridgehead atoms. The lowest BCUT2D eigenvalue weighted by Crippen LogP contribution is -2.54. The van der Waals surface area contributed by atoms with Crippen molar-refractivity contribution in [3.8, 4) is 5.75 Å². The molecule has 0 unspecified atom stereocenters. The number of carbonyl (C=O) groups is 4. The van der Waals surface area contributed by atoms with Crippen LogP contribution in [0.3, 0.4) is 0 Å². The number of rotatable bonds is 18. The summed E-state index contributed by atoms with van der Waals surface area (Å²) in [5.74, 6) is -1.34. The van der Waals surface area contributed by atoms with Gasteiger partial charge in [0, 0.05) is 38.8 Å². The zero-order chi connectivity index (χ0) is 38.9. The Morgan fingerprint density at radius 1 is 0.944 bits per heavy atom. The number of methoxy groups -OCH3 is 1. The Labute approximate surface area is 317 Å². The SMILES string of the molecule is CCOC(=O)[C@H](CC(C)C)NC(=O)CC[C@@H]1C[C@@H](OC(=O)NCCc2ccc(F)cc2)C[C@@]2(CCC[C@H](COC(=O)NCCc3ccccc3OC)O2)O1. The third kappa shape index (κ3) is 14.1. The number of alkyl carbamates (subject to hydrolysis) is 2. The minimum Gasteiger partial charge on any atom is -0.496 e. The zero-order valence-electron chi connectivity index (χ0n) is 31.9. The van der Waals surface area contributed by atoms with Crippen LogP contribution in [0.2, 0.25) is 0 Å². The molecule has 3 amide bonds. The summed E-state index contributed by atoms with van der Waals surface area (Å²) in [4.78, 5) is 51.1. The smallest absolute Gasteiger partial charge is 0.407 e. The van der Waals surface area contributed by atoms with Gasteiger partial charge in [-0.2, -0.15) is 0 Å². The Hall–Kier alpha value is -4.43. The van der Waals surface area contributed by atoms with Crippen LogP contribution in [-0.2, 0) is 46.1 Å².